The maximum absolute atomic E-state index is 6.47. The van der Waals surface area contributed by atoms with E-state index >= 15 is 0 Å². The van der Waals surface area contributed by atoms with E-state index in [1.165, 1.54) is 11.1 Å². The Labute approximate surface area is 189 Å². The molecular formula is C28H28N2O2. The van der Waals surface area contributed by atoms with Crippen LogP contribution >= 0.6 is 0 Å². The van der Waals surface area contributed by atoms with Crippen LogP contribution in [0.4, 0.5) is 0 Å². The van der Waals surface area contributed by atoms with Gasteiger partial charge in [-0.25, -0.2) is 5.01 Å². The number of ether oxygens (including phenoxy) is 2. The van der Waals surface area contributed by atoms with Crippen molar-refractivity contribution in [2.24, 2.45) is 5.10 Å². The fraction of sp³-hybridized carbons (Fsp3) is 0.250. The molecule has 32 heavy (non-hydrogen) atoms. The van der Waals surface area contributed by atoms with Gasteiger partial charge in [-0.2, -0.15) is 5.10 Å². The molecule has 0 bridgehead atoms. The van der Waals surface area contributed by atoms with Crippen LogP contribution in [0.5, 0.6) is 11.5 Å². The molecule has 0 fully saturated rings. The topological polar surface area (TPSA) is 34.1 Å². The minimum atomic E-state index is -0.246. The molecule has 0 aliphatic carbocycles. The highest BCUT2D eigenvalue weighted by molar-refractivity contribution is 6.02. The number of rotatable bonds is 6. The van der Waals surface area contributed by atoms with Crippen LogP contribution < -0.4 is 9.47 Å². The summed E-state index contributed by atoms with van der Waals surface area (Å²) >= 11 is 0. The molecule has 162 valence electrons. The van der Waals surface area contributed by atoms with E-state index in [0.29, 0.717) is 12.5 Å². The van der Waals surface area contributed by atoms with Crippen molar-refractivity contribution in [3.05, 3.63) is 108 Å². The Morgan fingerprint density at radius 1 is 1.06 bits per heavy atom. The molecule has 0 radical (unpaired) electrons. The molecule has 2 atom stereocenters. The molecule has 0 unspecified atom stereocenters. The van der Waals surface area contributed by atoms with Gasteiger partial charge >= 0.3 is 0 Å². The van der Waals surface area contributed by atoms with E-state index in [4.69, 9.17) is 14.6 Å². The second-order valence-electron chi connectivity index (χ2n) is 8.60. The second-order valence-corrected chi connectivity index (χ2v) is 8.60. The zero-order valence-electron chi connectivity index (χ0n) is 18.6. The minimum Gasteiger partial charge on any atom is -0.490 e. The monoisotopic (exact) mass is 424 g/mol. The average Bonchev–Trinajstić information content (AvgIpc) is 3.28. The maximum atomic E-state index is 6.47. The van der Waals surface area contributed by atoms with Crippen molar-refractivity contribution in [2.75, 3.05) is 6.61 Å². The molecule has 0 saturated carbocycles. The molecule has 2 heterocycles. The van der Waals surface area contributed by atoms with E-state index in [1.54, 1.807) is 6.08 Å². The third-order valence-corrected chi connectivity index (χ3v) is 6.14. The van der Waals surface area contributed by atoms with Gasteiger partial charge in [0, 0.05) is 17.5 Å². The number of benzene rings is 3. The van der Waals surface area contributed by atoms with Crippen LogP contribution in [0, 0.1) is 0 Å². The van der Waals surface area contributed by atoms with Gasteiger partial charge < -0.3 is 9.47 Å². The summed E-state index contributed by atoms with van der Waals surface area (Å²) in [4.78, 5) is 0. The Morgan fingerprint density at radius 3 is 2.53 bits per heavy atom. The number of hydrazone groups is 1. The van der Waals surface area contributed by atoms with Crippen molar-refractivity contribution >= 4 is 5.71 Å². The minimum absolute atomic E-state index is 0.154. The molecule has 0 spiro atoms. The number of nitrogens with zero attached hydrogens (tertiary/aromatic N) is 2. The third kappa shape index (κ3) is 3.77. The summed E-state index contributed by atoms with van der Waals surface area (Å²) in [6, 6.07) is 25.3. The van der Waals surface area contributed by atoms with E-state index < -0.39 is 0 Å². The van der Waals surface area contributed by atoms with Gasteiger partial charge in [-0.1, -0.05) is 69.0 Å². The highest BCUT2D eigenvalue weighted by Crippen LogP contribution is 2.47. The number of hydrogen-bond donors (Lipinski definition) is 0. The lowest BCUT2D eigenvalue weighted by molar-refractivity contribution is -0.0190. The summed E-state index contributed by atoms with van der Waals surface area (Å²) in [6.45, 7) is 8.62. The van der Waals surface area contributed by atoms with E-state index in [9.17, 15) is 0 Å². The smallest absolute Gasteiger partial charge is 0.213 e. The Bertz CT molecular complexity index is 1130. The first kappa shape index (κ1) is 20.4. The van der Waals surface area contributed by atoms with Crippen molar-refractivity contribution in [1.29, 1.82) is 0 Å². The van der Waals surface area contributed by atoms with Crippen LogP contribution in [-0.2, 0) is 0 Å². The summed E-state index contributed by atoms with van der Waals surface area (Å²) in [6.07, 6.45) is 2.34. The summed E-state index contributed by atoms with van der Waals surface area (Å²) in [5.74, 6) is 2.28. The molecule has 5 rings (SSSR count). The lowest BCUT2D eigenvalue weighted by Crippen LogP contribution is -2.33. The van der Waals surface area contributed by atoms with Crippen molar-refractivity contribution < 1.29 is 9.47 Å². The lowest BCUT2D eigenvalue weighted by atomic mass is 9.95. The van der Waals surface area contributed by atoms with Gasteiger partial charge in [0.25, 0.3) is 0 Å². The van der Waals surface area contributed by atoms with Gasteiger partial charge in [0.2, 0.25) is 6.23 Å². The third-order valence-electron chi connectivity index (χ3n) is 6.14. The fourth-order valence-electron chi connectivity index (χ4n) is 4.37. The molecule has 2 aliphatic heterocycles. The number of fused-ring (bicyclic) bond motifs is 3. The van der Waals surface area contributed by atoms with Crippen LogP contribution in [0.1, 0.15) is 60.7 Å². The molecule has 0 N–H and O–H groups in total. The molecule has 3 aromatic rings. The zero-order valence-corrected chi connectivity index (χ0v) is 18.6. The van der Waals surface area contributed by atoms with Gasteiger partial charge in [0.05, 0.1) is 11.8 Å². The number of para-hydroxylation sites is 1. The van der Waals surface area contributed by atoms with Gasteiger partial charge in [-0.05, 0) is 47.4 Å². The first-order valence-electron chi connectivity index (χ1n) is 11.2. The Balaban J connectivity index is 1.48. The predicted molar refractivity (Wildman–Crippen MR) is 128 cm³/mol. The van der Waals surface area contributed by atoms with E-state index in [2.05, 4.69) is 80.0 Å². The highest BCUT2D eigenvalue weighted by atomic mass is 16.5. The number of hydrogen-bond acceptors (Lipinski definition) is 4. The van der Waals surface area contributed by atoms with Crippen LogP contribution in [-0.4, -0.2) is 17.3 Å². The summed E-state index contributed by atoms with van der Waals surface area (Å²) in [5, 5.41) is 7.18. The molecular weight excluding hydrogens is 396 g/mol. The molecule has 3 aromatic carbocycles. The Kier molecular flexibility index (Phi) is 5.44. The molecule has 4 heteroatoms. The SMILES string of the molecule is C=CCOc1ccc(C2=NN3[C@H](C2)c2ccccc2O[C@@H]3c2ccc(C(C)C)cc2)cc1. The highest BCUT2D eigenvalue weighted by Gasteiger charge is 2.40. The standard InChI is InChI=1S/C28H28N2O2/c1-4-17-31-23-15-13-21(14-16-23)25-18-26-24-7-5-6-8-27(24)32-28(30(26)29-25)22-11-9-20(10-12-22)19(2)3/h4-16,19,26,28H,1,17-18H2,2-3H3/t26-,28-/m1/s1. The van der Waals surface area contributed by atoms with Crippen LogP contribution in [0.2, 0.25) is 0 Å². The lowest BCUT2D eigenvalue weighted by Gasteiger charge is -2.38. The average molecular weight is 425 g/mol. The van der Waals surface area contributed by atoms with Gasteiger partial charge in [-0.3, -0.25) is 0 Å². The largest absolute Gasteiger partial charge is 0.490 e. The summed E-state index contributed by atoms with van der Waals surface area (Å²) in [7, 11) is 0. The van der Waals surface area contributed by atoms with E-state index in [-0.39, 0.29) is 12.3 Å². The first-order valence-corrected chi connectivity index (χ1v) is 11.2. The summed E-state index contributed by atoms with van der Waals surface area (Å²) < 4.78 is 12.1. The quantitative estimate of drug-likeness (QED) is 0.417. The van der Waals surface area contributed by atoms with Gasteiger partial charge in [-0.15, -0.1) is 0 Å². The normalized spacial score (nSPS) is 19.1. The van der Waals surface area contributed by atoms with Crippen LogP contribution in [0.25, 0.3) is 0 Å². The summed E-state index contributed by atoms with van der Waals surface area (Å²) in [5.41, 5.74) is 5.80. The van der Waals surface area contributed by atoms with Crippen LogP contribution in [0.15, 0.2) is 90.6 Å². The van der Waals surface area contributed by atoms with Crippen molar-refractivity contribution in [2.45, 2.75) is 38.5 Å². The molecule has 4 nitrogen and oxygen atoms in total. The second kappa shape index (κ2) is 8.54. The molecule has 0 saturated heterocycles. The molecule has 0 amide bonds. The zero-order chi connectivity index (χ0) is 22.1. The molecule has 0 aromatic heterocycles. The van der Waals surface area contributed by atoms with Gasteiger partial charge in [0.1, 0.15) is 18.1 Å². The van der Waals surface area contributed by atoms with Gasteiger partial charge in [0.15, 0.2) is 0 Å². The fourth-order valence-corrected chi connectivity index (χ4v) is 4.37. The first-order chi connectivity index (χ1) is 15.6. The van der Waals surface area contributed by atoms with Crippen molar-refractivity contribution in [1.82, 2.24) is 5.01 Å². The Morgan fingerprint density at radius 2 is 1.81 bits per heavy atom. The van der Waals surface area contributed by atoms with Crippen molar-refractivity contribution in [3.8, 4) is 11.5 Å². The van der Waals surface area contributed by atoms with Crippen LogP contribution in [0.3, 0.4) is 0 Å². The van der Waals surface area contributed by atoms with Crippen molar-refractivity contribution in [3.63, 3.8) is 0 Å². The van der Waals surface area contributed by atoms with E-state index in [0.717, 1.165) is 34.8 Å². The maximum Gasteiger partial charge on any atom is 0.213 e. The molecule has 2 aliphatic rings. The predicted octanol–water partition coefficient (Wildman–Crippen LogP) is 6.62. The Hall–Kier alpha value is -3.53. The van der Waals surface area contributed by atoms with E-state index in [1.807, 2.05) is 18.2 Å².